The van der Waals surface area contributed by atoms with E-state index in [9.17, 15) is 9.59 Å². The Labute approximate surface area is 120 Å². The predicted octanol–water partition coefficient (Wildman–Crippen LogP) is 2.68. The van der Waals surface area contributed by atoms with Crippen LogP contribution in [0.4, 0.5) is 5.69 Å². The zero-order valence-electron chi connectivity index (χ0n) is 10.8. The van der Waals surface area contributed by atoms with Crippen LogP contribution in [0.25, 0.3) is 0 Å². The Morgan fingerprint density at radius 3 is 2.95 bits per heavy atom. The van der Waals surface area contributed by atoms with Crippen molar-refractivity contribution >= 4 is 33.5 Å². The molecule has 0 radical (unpaired) electrons. The standard InChI is InChI=1S/C14H16BrNO3/c1-2-7-19-14(18)9-16-12-5-4-11(15)8-10(12)3-6-13(16)17/h4-5,8H,2-3,6-7,9H2,1H3. The second kappa shape index (κ2) is 6.19. The molecule has 0 atom stereocenters. The number of nitrogens with zero attached hydrogens (tertiary/aromatic N) is 1. The van der Waals surface area contributed by atoms with Crippen LogP contribution in [0.5, 0.6) is 0 Å². The molecule has 2 rings (SSSR count). The highest BCUT2D eigenvalue weighted by Crippen LogP contribution is 2.30. The Kier molecular flexibility index (Phi) is 4.58. The molecule has 5 heteroatoms. The molecule has 0 saturated heterocycles. The smallest absolute Gasteiger partial charge is 0.326 e. The van der Waals surface area contributed by atoms with Gasteiger partial charge in [-0.15, -0.1) is 0 Å². The zero-order valence-corrected chi connectivity index (χ0v) is 12.4. The minimum absolute atomic E-state index is 0.00648. The number of carbonyl (C=O) groups is 2. The van der Waals surface area contributed by atoms with E-state index in [-0.39, 0.29) is 18.4 Å². The number of aryl methyl sites for hydroxylation is 1. The van der Waals surface area contributed by atoms with Crippen molar-refractivity contribution in [3.05, 3.63) is 28.2 Å². The molecule has 4 nitrogen and oxygen atoms in total. The third-order valence-electron chi connectivity index (χ3n) is 3.00. The molecule has 19 heavy (non-hydrogen) atoms. The van der Waals surface area contributed by atoms with E-state index in [1.165, 1.54) is 4.90 Å². The summed E-state index contributed by atoms with van der Waals surface area (Å²) < 4.78 is 6.02. The van der Waals surface area contributed by atoms with Crippen LogP contribution >= 0.6 is 15.9 Å². The van der Waals surface area contributed by atoms with Gasteiger partial charge in [-0.25, -0.2) is 0 Å². The highest BCUT2D eigenvalue weighted by molar-refractivity contribution is 9.10. The summed E-state index contributed by atoms with van der Waals surface area (Å²) in [6.07, 6.45) is 1.93. The maximum atomic E-state index is 12.0. The van der Waals surface area contributed by atoms with Crippen LogP contribution in [0.15, 0.2) is 22.7 Å². The van der Waals surface area contributed by atoms with Crippen molar-refractivity contribution in [2.45, 2.75) is 26.2 Å². The maximum absolute atomic E-state index is 12.0. The van der Waals surface area contributed by atoms with Gasteiger partial charge in [-0.2, -0.15) is 0 Å². The molecule has 1 aliphatic heterocycles. The first-order valence-corrected chi connectivity index (χ1v) is 7.15. The van der Waals surface area contributed by atoms with E-state index < -0.39 is 0 Å². The minimum atomic E-state index is -0.356. The van der Waals surface area contributed by atoms with E-state index in [0.29, 0.717) is 19.4 Å². The van der Waals surface area contributed by atoms with Crippen molar-refractivity contribution in [2.75, 3.05) is 18.1 Å². The normalized spacial score (nSPS) is 14.2. The van der Waals surface area contributed by atoms with Crippen molar-refractivity contribution in [3.8, 4) is 0 Å². The monoisotopic (exact) mass is 325 g/mol. The SMILES string of the molecule is CCCOC(=O)CN1C(=O)CCc2cc(Br)ccc21. The second-order valence-corrected chi connectivity index (χ2v) is 5.39. The number of esters is 1. The summed E-state index contributed by atoms with van der Waals surface area (Å²) >= 11 is 3.42. The van der Waals surface area contributed by atoms with Gasteiger partial charge in [0.1, 0.15) is 6.54 Å². The lowest BCUT2D eigenvalue weighted by atomic mass is 10.0. The number of hydrogen-bond acceptors (Lipinski definition) is 3. The molecule has 0 bridgehead atoms. The number of rotatable bonds is 4. The summed E-state index contributed by atoms with van der Waals surface area (Å²) in [6.45, 7) is 2.33. The van der Waals surface area contributed by atoms with E-state index in [2.05, 4.69) is 15.9 Å². The molecule has 0 aromatic heterocycles. The fourth-order valence-corrected chi connectivity index (χ4v) is 2.50. The Bertz CT molecular complexity index is 501. The van der Waals surface area contributed by atoms with Crippen molar-refractivity contribution in [2.24, 2.45) is 0 Å². The van der Waals surface area contributed by atoms with E-state index in [1.54, 1.807) is 0 Å². The van der Waals surface area contributed by atoms with Gasteiger partial charge in [-0.1, -0.05) is 22.9 Å². The number of fused-ring (bicyclic) bond motifs is 1. The van der Waals surface area contributed by atoms with Crippen LogP contribution < -0.4 is 4.90 Å². The molecule has 0 spiro atoms. The molecule has 0 aliphatic carbocycles. The average Bonchev–Trinajstić information content (AvgIpc) is 2.39. The number of halogens is 1. The lowest BCUT2D eigenvalue weighted by Gasteiger charge is -2.28. The van der Waals surface area contributed by atoms with Crippen molar-refractivity contribution < 1.29 is 14.3 Å². The first kappa shape index (κ1) is 14.1. The summed E-state index contributed by atoms with van der Waals surface area (Å²) in [5.74, 6) is -0.380. The summed E-state index contributed by atoms with van der Waals surface area (Å²) in [7, 11) is 0. The molecule has 0 unspecified atom stereocenters. The highest BCUT2D eigenvalue weighted by Gasteiger charge is 2.26. The predicted molar refractivity (Wildman–Crippen MR) is 76.1 cm³/mol. The number of carbonyl (C=O) groups excluding carboxylic acids is 2. The largest absolute Gasteiger partial charge is 0.464 e. The van der Waals surface area contributed by atoms with Gasteiger partial charge >= 0.3 is 5.97 Å². The van der Waals surface area contributed by atoms with Crippen LogP contribution in [0, 0.1) is 0 Å². The Morgan fingerprint density at radius 2 is 2.21 bits per heavy atom. The summed E-state index contributed by atoms with van der Waals surface area (Å²) in [6, 6.07) is 5.73. The lowest BCUT2D eigenvalue weighted by molar-refractivity contribution is -0.143. The van der Waals surface area contributed by atoms with E-state index in [0.717, 1.165) is 22.1 Å². The Morgan fingerprint density at radius 1 is 1.42 bits per heavy atom. The topological polar surface area (TPSA) is 46.6 Å². The molecule has 1 aliphatic rings. The van der Waals surface area contributed by atoms with Gasteiger partial charge in [0, 0.05) is 16.6 Å². The highest BCUT2D eigenvalue weighted by atomic mass is 79.9. The van der Waals surface area contributed by atoms with Gasteiger partial charge in [0.25, 0.3) is 0 Å². The maximum Gasteiger partial charge on any atom is 0.326 e. The third-order valence-corrected chi connectivity index (χ3v) is 3.49. The molecule has 1 aromatic rings. The van der Waals surface area contributed by atoms with Gasteiger partial charge in [0.2, 0.25) is 5.91 Å². The van der Waals surface area contributed by atoms with Crippen molar-refractivity contribution in [3.63, 3.8) is 0 Å². The minimum Gasteiger partial charge on any atom is -0.464 e. The lowest BCUT2D eigenvalue weighted by Crippen LogP contribution is -2.39. The summed E-state index contributed by atoms with van der Waals surface area (Å²) in [5, 5.41) is 0. The molecule has 0 saturated carbocycles. The first-order valence-electron chi connectivity index (χ1n) is 6.36. The fourth-order valence-electron chi connectivity index (χ4n) is 2.09. The number of anilines is 1. The zero-order chi connectivity index (χ0) is 13.8. The van der Waals surface area contributed by atoms with E-state index in [1.807, 2.05) is 25.1 Å². The van der Waals surface area contributed by atoms with Gasteiger partial charge in [-0.05, 0) is 36.6 Å². The first-order chi connectivity index (χ1) is 9.11. The molecule has 102 valence electrons. The molecular formula is C14H16BrNO3. The van der Waals surface area contributed by atoms with Crippen LogP contribution in [0.2, 0.25) is 0 Å². The molecule has 1 heterocycles. The van der Waals surface area contributed by atoms with Crippen molar-refractivity contribution in [1.82, 2.24) is 0 Å². The van der Waals surface area contributed by atoms with E-state index in [4.69, 9.17) is 4.74 Å². The number of benzene rings is 1. The molecule has 0 N–H and O–H groups in total. The van der Waals surface area contributed by atoms with Crippen LogP contribution in [0.3, 0.4) is 0 Å². The summed E-state index contributed by atoms with van der Waals surface area (Å²) in [4.78, 5) is 25.1. The third kappa shape index (κ3) is 3.35. The van der Waals surface area contributed by atoms with E-state index >= 15 is 0 Å². The average molecular weight is 326 g/mol. The fraction of sp³-hybridized carbons (Fsp3) is 0.429. The second-order valence-electron chi connectivity index (χ2n) is 4.47. The van der Waals surface area contributed by atoms with Gasteiger partial charge < -0.3 is 9.64 Å². The molecule has 0 fully saturated rings. The Hall–Kier alpha value is -1.36. The van der Waals surface area contributed by atoms with Crippen molar-refractivity contribution in [1.29, 1.82) is 0 Å². The van der Waals surface area contributed by atoms with Crippen LogP contribution in [-0.4, -0.2) is 25.0 Å². The summed E-state index contributed by atoms with van der Waals surface area (Å²) in [5.41, 5.74) is 1.89. The quantitative estimate of drug-likeness (QED) is 0.799. The molecule has 1 amide bonds. The van der Waals surface area contributed by atoms with Gasteiger partial charge in [0.15, 0.2) is 0 Å². The number of hydrogen-bond donors (Lipinski definition) is 0. The number of amides is 1. The van der Waals surface area contributed by atoms with Gasteiger partial charge in [0.05, 0.1) is 6.61 Å². The number of ether oxygens (including phenoxy) is 1. The van der Waals surface area contributed by atoms with Crippen LogP contribution in [-0.2, 0) is 20.7 Å². The van der Waals surface area contributed by atoms with Gasteiger partial charge in [-0.3, -0.25) is 9.59 Å². The molecular weight excluding hydrogens is 310 g/mol. The van der Waals surface area contributed by atoms with Crippen LogP contribution in [0.1, 0.15) is 25.3 Å². The molecule has 1 aromatic carbocycles. The Balaban J connectivity index is 2.16.